The summed E-state index contributed by atoms with van der Waals surface area (Å²) in [6.07, 6.45) is 0. The van der Waals surface area contributed by atoms with Gasteiger partial charge in [0, 0.05) is 24.6 Å². The van der Waals surface area contributed by atoms with Gasteiger partial charge in [-0.15, -0.1) is 0 Å². The molecule has 0 aromatic heterocycles. The average Bonchev–Trinajstić information content (AvgIpc) is 2.70. The van der Waals surface area contributed by atoms with E-state index in [0.29, 0.717) is 18.6 Å². The largest absolute Gasteiger partial charge is 0.493 e. The van der Waals surface area contributed by atoms with Gasteiger partial charge >= 0.3 is 0 Å². The molecule has 0 spiro atoms. The average molecular weight is 207 g/mol. The Bertz CT molecular complexity index is 327. The summed E-state index contributed by atoms with van der Waals surface area (Å²) in [5.74, 6) is 1.41. The van der Waals surface area contributed by atoms with Gasteiger partial charge in [0.15, 0.2) is 0 Å². The van der Waals surface area contributed by atoms with Crippen LogP contribution in [-0.2, 0) is 4.74 Å². The Hall–Kier alpha value is -1.06. The zero-order chi connectivity index (χ0) is 10.7. The molecular weight excluding hydrogens is 190 g/mol. The first kappa shape index (κ1) is 10.5. The number of methoxy groups -OCH3 is 1. The second-order valence-electron chi connectivity index (χ2n) is 3.81. The maximum absolute atomic E-state index is 5.64. The lowest BCUT2D eigenvalue weighted by Gasteiger charge is -2.21. The van der Waals surface area contributed by atoms with Crippen LogP contribution in [0, 0.1) is 0 Å². The third-order valence-corrected chi connectivity index (χ3v) is 2.94. The van der Waals surface area contributed by atoms with Crippen molar-refractivity contribution in [3.05, 3.63) is 29.8 Å². The van der Waals surface area contributed by atoms with Crippen LogP contribution in [0.15, 0.2) is 24.3 Å². The molecule has 0 amide bonds. The van der Waals surface area contributed by atoms with E-state index in [9.17, 15) is 0 Å². The first-order valence-corrected chi connectivity index (χ1v) is 5.24. The Balaban J connectivity index is 2.18. The first-order chi connectivity index (χ1) is 7.36. The van der Waals surface area contributed by atoms with E-state index >= 15 is 0 Å². The highest BCUT2D eigenvalue weighted by atomic mass is 16.5. The molecule has 1 aromatic carbocycles. The van der Waals surface area contributed by atoms with Crippen molar-refractivity contribution in [1.82, 2.24) is 5.32 Å². The molecule has 0 saturated carbocycles. The van der Waals surface area contributed by atoms with Crippen LogP contribution in [0.25, 0.3) is 0 Å². The molecule has 2 rings (SSSR count). The summed E-state index contributed by atoms with van der Waals surface area (Å²) in [4.78, 5) is 0. The van der Waals surface area contributed by atoms with Crippen LogP contribution in [0.2, 0.25) is 0 Å². The molecule has 1 aliphatic heterocycles. The summed E-state index contributed by atoms with van der Waals surface area (Å²) in [5.41, 5.74) is 1.29. The van der Waals surface area contributed by atoms with Crippen molar-refractivity contribution in [3.8, 4) is 5.75 Å². The third kappa shape index (κ3) is 1.98. The lowest BCUT2D eigenvalue weighted by molar-refractivity contribution is 0.151. The number of likely N-dealkylation sites (N-methyl/N-ethyl adjacent to an activating group) is 1. The number of benzene rings is 1. The lowest BCUT2D eigenvalue weighted by atomic mass is 9.94. The fraction of sp³-hybridized carbons (Fsp3) is 0.500. The van der Waals surface area contributed by atoms with Crippen LogP contribution >= 0.6 is 0 Å². The topological polar surface area (TPSA) is 30.5 Å². The molecule has 1 N–H and O–H groups in total. The predicted octanol–water partition coefficient (Wildman–Crippen LogP) is 1.40. The molecule has 0 bridgehead atoms. The Morgan fingerprint density at radius 3 is 3.07 bits per heavy atom. The van der Waals surface area contributed by atoms with Crippen molar-refractivity contribution in [2.45, 2.75) is 12.0 Å². The molecule has 15 heavy (non-hydrogen) atoms. The van der Waals surface area contributed by atoms with E-state index in [1.807, 2.05) is 19.2 Å². The molecule has 3 nitrogen and oxygen atoms in total. The molecule has 2 unspecified atom stereocenters. The molecule has 0 fully saturated rings. The fourth-order valence-electron chi connectivity index (χ4n) is 2.10. The van der Waals surface area contributed by atoms with Crippen LogP contribution in [-0.4, -0.2) is 33.4 Å². The van der Waals surface area contributed by atoms with Gasteiger partial charge in [-0.3, -0.25) is 0 Å². The van der Waals surface area contributed by atoms with Crippen molar-refractivity contribution in [2.24, 2.45) is 0 Å². The quantitative estimate of drug-likeness (QED) is 0.809. The van der Waals surface area contributed by atoms with Crippen LogP contribution in [0.1, 0.15) is 11.5 Å². The standard InChI is InChI=1S/C12H17NO2/c1-13-11(8-14-2)10-7-15-12-6-4-3-5-9(10)12/h3-6,10-11,13H,7-8H2,1-2H3. The summed E-state index contributed by atoms with van der Waals surface area (Å²) in [6, 6.07) is 8.53. The van der Waals surface area contributed by atoms with Crippen LogP contribution in [0.4, 0.5) is 0 Å². The second-order valence-corrected chi connectivity index (χ2v) is 3.81. The predicted molar refractivity (Wildman–Crippen MR) is 59.4 cm³/mol. The smallest absolute Gasteiger partial charge is 0.122 e. The van der Waals surface area contributed by atoms with E-state index in [-0.39, 0.29) is 0 Å². The summed E-state index contributed by atoms with van der Waals surface area (Å²) < 4.78 is 10.8. The van der Waals surface area contributed by atoms with Crippen molar-refractivity contribution < 1.29 is 9.47 Å². The van der Waals surface area contributed by atoms with E-state index in [2.05, 4.69) is 17.4 Å². The van der Waals surface area contributed by atoms with Crippen molar-refractivity contribution >= 4 is 0 Å². The summed E-state index contributed by atoms with van der Waals surface area (Å²) >= 11 is 0. The maximum atomic E-state index is 5.64. The molecule has 82 valence electrons. The monoisotopic (exact) mass is 207 g/mol. The molecule has 3 heteroatoms. The normalized spacial score (nSPS) is 20.8. The van der Waals surface area contributed by atoms with Gasteiger partial charge in [0.1, 0.15) is 5.75 Å². The number of hydrogen-bond donors (Lipinski definition) is 1. The summed E-state index contributed by atoms with van der Waals surface area (Å²) in [5, 5.41) is 3.28. The Morgan fingerprint density at radius 1 is 1.53 bits per heavy atom. The summed E-state index contributed by atoms with van der Waals surface area (Å²) in [7, 11) is 3.69. The molecule has 0 aliphatic carbocycles. The number of fused-ring (bicyclic) bond motifs is 1. The number of para-hydroxylation sites is 1. The lowest BCUT2D eigenvalue weighted by Crippen LogP contribution is -2.36. The van der Waals surface area contributed by atoms with Gasteiger partial charge < -0.3 is 14.8 Å². The maximum Gasteiger partial charge on any atom is 0.122 e. The highest BCUT2D eigenvalue weighted by Crippen LogP contribution is 2.35. The highest BCUT2D eigenvalue weighted by molar-refractivity contribution is 5.40. The molecule has 1 aliphatic rings. The number of ether oxygens (including phenoxy) is 2. The van der Waals surface area contributed by atoms with Gasteiger partial charge in [0.05, 0.1) is 13.2 Å². The van der Waals surface area contributed by atoms with E-state index in [4.69, 9.17) is 9.47 Å². The van der Waals surface area contributed by atoms with Gasteiger partial charge in [0.2, 0.25) is 0 Å². The van der Waals surface area contributed by atoms with Crippen LogP contribution in [0.3, 0.4) is 0 Å². The zero-order valence-corrected chi connectivity index (χ0v) is 9.19. The minimum Gasteiger partial charge on any atom is -0.493 e. The Labute approximate surface area is 90.4 Å². The van der Waals surface area contributed by atoms with Gasteiger partial charge in [-0.1, -0.05) is 18.2 Å². The molecule has 1 heterocycles. The molecule has 1 aromatic rings. The van der Waals surface area contributed by atoms with Gasteiger partial charge in [-0.25, -0.2) is 0 Å². The van der Waals surface area contributed by atoms with Gasteiger partial charge in [0.25, 0.3) is 0 Å². The third-order valence-electron chi connectivity index (χ3n) is 2.94. The molecule has 0 saturated heterocycles. The van der Waals surface area contributed by atoms with E-state index in [1.165, 1.54) is 5.56 Å². The zero-order valence-electron chi connectivity index (χ0n) is 9.19. The van der Waals surface area contributed by atoms with Crippen molar-refractivity contribution in [3.63, 3.8) is 0 Å². The Morgan fingerprint density at radius 2 is 2.33 bits per heavy atom. The summed E-state index contributed by atoms with van der Waals surface area (Å²) in [6.45, 7) is 1.45. The minimum absolute atomic E-state index is 0.318. The molecule has 2 atom stereocenters. The SMILES string of the molecule is CNC(COC)C1COc2ccccc21. The van der Waals surface area contributed by atoms with E-state index in [0.717, 1.165) is 12.4 Å². The van der Waals surface area contributed by atoms with Crippen LogP contribution in [0.5, 0.6) is 5.75 Å². The molecule has 0 radical (unpaired) electrons. The fourth-order valence-corrected chi connectivity index (χ4v) is 2.10. The Kier molecular flexibility index (Phi) is 3.23. The first-order valence-electron chi connectivity index (χ1n) is 5.24. The number of rotatable bonds is 4. The number of nitrogens with one attached hydrogen (secondary N) is 1. The van der Waals surface area contributed by atoms with E-state index < -0.39 is 0 Å². The van der Waals surface area contributed by atoms with Crippen LogP contribution < -0.4 is 10.1 Å². The highest BCUT2D eigenvalue weighted by Gasteiger charge is 2.30. The van der Waals surface area contributed by atoms with E-state index in [1.54, 1.807) is 7.11 Å². The second kappa shape index (κ2) is 4.64. The minimum atomic E-state index is 0.318. The number of hydrogen-bond acceptors (Lipinski definition) is 3. The molecular formula is C12H17NO2. The van der Waals surface area contributed by atoms with Crippen molar-refractivity contribution in [1.29, 1.82) is 0 Å². The van der Waals surface area contributed by atoms with Gasteiger partial charge in [-0.05, 0) is 13.1 Å². The van der Waals surface area contributed by atoms with Gasteiger partial charge in [-0.2, -0.15) is 0 Å². The van der Waals surface area contributed by atoms with Crippen molar-refractivity contribution in [2.75, 3.05) is 27.4 Å².